The number of nitrogens with one attached hydrogen (secondary N) is 1. The summed E-state index contributed by atoms with van der Waals surface area (Å²) in [4.78, 5) is 13.6. The zero-order valence-corrected chi connectivity index (χ0v) is 13.6. The quantitative estimate of drug-likeness (QED) is 0.863. The molecule has 0 saturated heterocycles. The van der Waals surface area contributed by atoms with E-state index in [2.05, 4.69) is 33.0 Å². The molecule has 1 heterocycles. The van der Waals surface area contributed by atoms with E-state index in [9.17, 15) is 4.79 Å². The molecular weight excluding hydrogens is 256 g/mol. The molecule has 0 unspecified atom stereocenters. The summed E-state index contributed by atoms with van der Waals surface area (Å²) in [6.45, 7) is 12.6. The fraction of sp³-hybridized carbons (Fsp3) is 0.667. The van der Waals surface area contributed by atoms with Crippen LogP contribution in [0, 0.1) is 5.92 Å². The van der Waals surface area contributed by atoms with Crippen molar-refractivity contribution in [2.45, 2.75) is 59.9 Å². The highest BCUT2D eigenvalue weighted by atomic mass is 32.1. The Kier molecular flexibility index (Phi) is 5.41. The maximum absolute atomic E-state index is 12.3. The Morgan fingerprint density at radius 3 is 2.21 bits per heavy atom. The van der Waals surface area contributed by atoms with E-state index in [4.69, 9.17) is 5.73 Å². The molecule has 0 spiro atoms. The number of anilines is 1. The Hall–Kier alpha value is -1.03. The van der Waals surface area contributed by atoms with Gasteiger partial charge < -0.3 is 11.1 Å². The number of carbonyl (C=O) groups is 1. The fourth-order valence-corrected chi connectivity index (χ4v) is 3.26. The topological polar surface area (TPSA) is 55.1 Å². The van der Waals surface area contributed by atoms with Crippen LogP contribution >= 0.6 is 11.3 Å². The summed E-state index contributed by atoms with van der Waals surface area (Å²) < 4.78 is 0. The van der Waals surface area contributed by atoms with Crippen LogP contribution in [0.25, 0.3) is 0 Å². The average Bonchev–Trinajstić information content (AvgIpc) is 2.53. The fourth-order valence-electron chi connectivity index (χ4n) is 2.16. The normalized spacial score (nSPS) is 11.6. The highest BCUT2D eigenvalue weighted by molar-refractivity contribution is 7.16. The number of carbonyl (C=O) groups excluding carboxylic acids is 1. The van der Waals surface area contributed by atoms with E-state index in [1.54, 1.807) is 11.3 Å². The first kappa shape index (κ1) is 16.0. The van der Waals surface area contributed by atoms with Gasteiger partial charge in [-0.15, -0.1) is 11.3 Å². The highest BCUT2D eigenvalue weighted by Gasteiger charge is 2.24. The summed E-state index contributed by atoms with van der Waals surface area (Å²) in [6.07, 6.45) is 0.905. The number of thiophene rings is 1. The molecule has 1 rings (SSSR count). The number of amides is 1. The van der Waals surface area contributed by atoms with Crippen molar-refractivity contribution in [2.75, 3.05) is 5.73 Å². The number of hydrogen-bond acceptors (Lipinski definition) is 3. The van der Waals surface area contributed by atoms with Gasteiger partial charge in [0.15, 0.2) is 0 Å². The lowest BCUT2D eigenvalue weighted by atomic mass is 9.95. The summed E-state index contributed by atoms with van der Waals surface area (Å²) in [7, 11) is 0. The first-order valence-electron chi connectivity index (χ1n) is 6.95. The maximum Gasteiger partial charge on any atom is 0.254 e. The standard InChI is InChI=1S/C15H26N2OS/c1-8(2)7-11-12(15(18)17-10(5)6)14(16)19-13(11)9(3)4/h8-10H,7,16H2,1-6H3,(H,17,18). The molecule has 0 aliphatic rings. The third-order valence-corrected chi connectivity index (χ3v) is 4.21. The van der Waals surface area contributed by atoms with Gasteiger partial charge in [0, 0.05) is 10.9 Å². The Bertz CT molecular complexity index is 447. The van der Waals surface area contributed by atoms with Crippen molar-refractivity contribution in [3.8, 4) is 0 Å². The second-order valence-corrected chi connectivity index (χ2v) is 7.15. The largest absolute Gasteiger partial charge is 0.390 e. The van der Waals surface area contributed by atoms with Crippen molar-refractivity contribution in [2.24, 2.45) is 5.92 Å². The lowest BCUT2D eigenvalue weighted by Crippen LogP contribution is -2.31. The molecule has 1 aromatic heterocycles. The van der Waals surface area contributed by atoms with Crippen LogP contribution in [-0.4, -0.2) is 11.9 Å². The van der Waals surface area contributed by atoms with E-state index in [0.29, 0.717) is 22.4 Å². The summed E-state index contributed by atoms with van der Waals surface area (Å²) in [6, 6.07) is 0.126. The second kappa shape index (κ2) is 6.42. The zero-order valence-electron chi connectivity index (χ0n) is 12.8. The van der Waals surface area contributed by atoms with Crippen LogP contribution in [0.4, 0.5) is 5.00 Å². The molecule has 1 amide bonds. The molecule has 1 aromatic rings. The van der Waals surface area contributed by atoms with Crippen LogP contribution in [0.3, 0.4) is 0 Å². The Balaban J connectivity index is 3.24. The molecule has 19 heavy (non-hydrogen) atoms. The lowest BCUT2D eigenvalue weighted by molar-refractivity contribution is 0.0943. The van der Waals surface area contributed by atoms with Crippen LogP contribution in [0.15, 0.2) is 0 Å². The van der Waals surface area contributed by atoms with Crippen LogP contribution < -0.4 is 11.1 Å². The monoisotopic (exact) mass is 282 g/mol. The van der Waals surface area contributed by atoms with Crippen LogP contribution in [0.5, 0.6) is 0 Å². The minimum Gasteiger partial charge on any atom is -0.390 e. The van der Waals surface area contributed by atoms with E-state index in [0.717, 1.165) is 12.0 Å². The van der Waals surface area contributed by atoms with E-state index in [-0.39, 0.29) is 11.9 Å². The SMILES string of the molecule is CC(C)Cc1c(C(C)C)sc(N)c1C(=O)NC(C)C. The Labute approximate surface area is 120 Å². The molecule has 0 fully saturated rings. The molecule has 4 heteroatoms. The number of hydrogen-bond donors (Lipinski definition) is 2. The van der Waals surface area contributed by atoms with E-state index >= 15 is 0 Å². The predicted octanol–water partition coefficient (Wildman–Crippen LogP) is 3.79. The summed E-state index contributed by atoms with van der Waals surface area (Å²) >= 11 is 1.56. The lowest BCUT2D eigenvalue weighted by Gasteiger charge is -2.13. The van der Waals surface area contributed by atoms with Crippen molar-refractivity contribution >= 4 is 22.2 Å². The van der Waals surface area contributed by atoms with Gasteiger partial charge in [-0.3, -0.25) is 4.79 Å². The van der Waals surface area contributed by atoms with Gasteiger partial charge in [-0.05, 0) is 37.7 Å². The molecule has 3 N–H and O–H groups in total. The molecule has 3 nitrogen and oxygen atoms in total. The molecule has 0 aromatic carbocycles. The van der Waals surface area contributed by atoms with Crippen molar-refractivity contribution in [3.05, 3.63) is 16.0 Å². The molecular formula is C15H26N2OS. The molecule has 0 aliphatic carbocycles. The maximum atomic E-state index is 12.3. The first-order chi connectivity index (χ1) is 8.73. The van der Waals surface area contributed by atoms with Gasteiger partial charge >= 0.3 is 0 Å². The summed E-state index contributed by atoms with van der Waals surface area (Å²) in [5, 5.41) is 3.60. The van der Waals surface area contributed by atoms with Crippen molar-refractivity contribution in [1.82, 2.24) is 5.32 Å². The van der Waals surface area contributed by atoms with E-state index in [1.807, 2.05) is 13.8 Å². The number of rotatable bonds is 5. The van der Waals surface area contributed by atoms with Crippen LogP contribution in [0.1, 0.15) is 68.3 Å². The molecule has 0 radical (unpaired) electrons. The van der Waals surface area contributed by atoms with Gasteiger partial charge in [-0.25, -0.2) is 0 Å². The van der Waals surface area contributed by atoms with Crippen molar-refractivity contribution in [1.29, 1.82) is 0 Å². The minimum atomic E-state index is -0.0358. The van der Waals surface area contributed by atoms with Gasteiger partial charge in [-0.2, -0.15) is 0 Å². The van der Waals surface area contributed by atoms with E-state index < -0.39 is 0 Å². The Morgan fingerprint density at radius 1 is 1.21 bits per heavy atom. The second-order valence-electron chi connectivity index (χ2n) is 6.06. The molecule has 0 aliphatic heterocycles. The molecule has 0 atom stereocenters. The van der Waals surface area contributed by atoms with Gasteiger partial charge in [-0.1, -0.05) is 27.7 Å². The van der Waals surface area contributed by atoms with Crippen molar-refractivity contribution in [3.63, 3.8) is 0 Å². The average molecular weight is 282 g/mol. The van der Waals surface area contributed by atoms with Gasteiger partial charge in [0.25, 0.3) is 5.91 Å². The van der Waals surface area contributed by atoms with Crippen LogP contribution in [-0.2, 0) is 6.42 Å². The predicted molar refractivity (Wildman–Crippen MR) is 84.0 cm³/mol. The molecule has 108 valence electrons. The smallest absolute Gasteiger partial charge is 0.254 e. The Morgan fingerprint density at radius 2 is 1.79 bits per heavy atom. The van der Waals surface area contributed by atoms with Gasteiger partial charge in [0.05, 0.1) is 10.6 Å². The minimum absolute atomic E-state index is 0.0358. The number of nitrogen functional groups attached to an aromatic ring is 1. The zero-order chi connectivity index (χ0) is 14.7. The number of nitrogens with two attached hydrogens (primary N) is 1. The third-order valence-electron chi connectivity index (χ3n) is 2.85. The van der Waals surface area contributed by atoms with Gasteiger partial charge in [0.2, 0.25) is 0 Å². The van der Waals surface area contributed by atoms with Gasteiger partial charge in [0.1, 0.15) is 0 Å². The highest BCUT2D eigenvalue weighted by Crippen LogP contribution is 2.37. The van der Waals surface area contributed by atoms with Crippen LogP contribution in [0.2, 0.25) is 0 Å². The molecule has 0 bridgehead atoms. The summed E-state index contributed by atoms with van der Waals surface area (Å²) in [5.74, 6) is 0.880. The third kappa shape index (κ3) is 3.96. The molecule has 0 saturated carbocycles. The first-order valence-corrected chi connectivity index (χ1v) is 7.77. The van der Waals surface area contributed by atoms with Crippen molar-refractivity contribution < 1.29 is 4.79 Å². The summed E-state index contributed by atoms with van der Waals surface area (Å²) in [5.41, 5.74) is 7.94. The van der Waals surface area contributed by atoms with E-state index in [1.165, 1.54) is 4.88 Å².